The minimum absolute atomic E-state index is 0.225. The third-order valence-electron chi connectivity index (χ3n) is 5.47. The summed E-state index contributed by atoms with van der Waals surface area (Å²) < 4.78 is 17.1. The molecule has 1 aliphatic rings. The van der Waals surface area contributed by atoms with Crippen molar-refractivity contribution in [1.82, 2.24) is 20.3 Å². The van der Waals surface area contributed by atoms with Crippen LogP contribution in [0.25, 0.3) is 11.0 Å². The first kappa shape index (κ1) is 20.4. The number of ether oxygens (including phenoxy) is 3. The number of methoxy groups -OCH3 is 1. The van der Waals surface area contributed by atoms with E-state index in [4.69, 9.17) is 14.2 Å². The zero-order valence-corrected chi connectivity index (χ0v) is 17.2. The Bertz CT molecular complexity index is 940. The van der Waals surface area contributed by atoms with E-state index in [-0.39, 0.29) is 6.61 Å². The number of β-amino-alcohol motifs (C(OH)–C–C–N with tert-alkyl or cyclic N) is 1. The average Bonchev–Trinajstić information content (AvgIpc) is 3.27. The summed E-state index contributed by atoms with van der Waals surface area (Å²) in [7, 11) is 1.65. The number of aromatic amines is 1. The number of H-pyrrole nitrogens is 1. The molecule has 1 atom stereocenters. The smallest absolute Gasteiger partial charge is 0.161 e. The summed E-state index contributed by atoms with van der Waals surface area (Å²) in [6.07, 6.45) is 1.52. The third kappa shape index (κ3) is 5.01. The van der Waals surface area contributed by atoms with Crippen LogP contribution in [0.15, 0.2) is 42.5 Å². The zero-order valence-electron chi connectivity index (χ0n) is 17.2. The number of aliphatic hydroxyl groups excluding tert-OH is 1. The number of rotatable bonds is 9. The van der Waals surface area contributed by atoms with Crippen LogP contribution < -0.4 is 14.2 Å². The number of piperidine rings is 1. The Labute approximate surface area is 175 Å². The Hall–Kier alpha value is -2.84. The minimum atomic E-state index is -0.562. The maximum absolute atomic E-state index is 10.4. The highest BCUT2D eigenvalue weighted by Crippen LogP contribution is 2.27. The molecule has 0 spiro atoms. The molecule has 8 nitrogen and oxygen atoms in total. The van der Waals surface area contributed by atoms with E-state index >= 15 is 0 Å². The number of hydrogen-bond acceptors (Lipinski definition) is 7. The van der Waals surface area contributed by atoms with Crippen molar-refractivity contribution in [3.63, 3.8) is 0 Å². The average molecular weight is 412 g/mol. The molecule has 1 unspecified atom stereocenters. The summed E-state index contributed by atoms with van der Waals surface area (Å²) in [5.74, 6) is 2.69. The van der Waals surface area contributed by atoms with Crippen molar-refractivity contribution < 1.29 is 19.3 Å². The number of fused-ring (bicyclic) bond motifs is 1. The standard InChI is InChI=1S/C22H28N4O4/c1-28-19-6-2-3-7-20(19)29-14-16-9-11-26(12-10-16)13-17(27)15-30-21-8-4-5-18-22(21)24-25-23-18/h2-8,16-17,27H,9-15H2,1H3,(H,23,24,25). The van der Waals surface area contributed by atoms with Gasteiger partial charge in [-0.15, -0.1) is 5.10 Å². The van der Waals surface area contributed by atoms with E-state index in [1.54, 1.807) is 7.11 Å². The molecule has 2 N–H and O–H groups in total. The van der Waals surface area contributed by atoms with Gasteiger partial charge in [0.2, 0.25) is 0 Å². The first-order valence-corrected chi connectivity index (χ1v) is 10.3. The second-order valence-corrected chi connectivity index (χ2v) is 7.63. The van der Waals surface area contributed by atoms with Gasteiger partial charge in [-0.25, -0.2) is 0 Å². The van der Waals surface area contributed by atoms with Crippen LogP contribution in [-0.2, 0) is 0 Å². The van der Waals surface area contributed by atoms with Crippen LogP contribution in [0.1, 0.15) is 12.8 Å². The van der Waals surface area contributed by atoms with Crippen LogP contribution in [0.3, 0.4) is 0 Å². The van der Waals surface area contributed by atoms with Gasteiger partial charge in [-0.2, -0.15) is 0 Å². The lowest BCUT2D eigenvalue weighted by Crippen LogP contribution is -2.41. The minimum Gasteiger partial charge on any atom is -0.493 e. The number of aliphatic hydroxyl groups is 1. The second kappa shape index (κ2) is 9.77. The Morgan fingerprint density at radius 1 is 1.07 bits per heavy atom. The first-order chi connectivity index (χ1) is 14.7. The Balaban J connectivity index is 1.18. The van der Waals surface area contributed by atoms with Crippen molar-refractivity contribution >= 4 is 11.0 Å². The van der Waals surface area contributed by atoms with E-state index in [1.165, 1.54) is 0 Å². The molecular weight excluding hydrogens is 384 g/mol. The van der Waals surface area contributed by atoms with Gasteiger partial charge in [0, 0.05) is 6.54 Å². The number of nitrogens with one attached hydrogen (secondary N) is 1. The Morgan fingerprint density at radius 2 is 1.83 bits per heavy atom. The first-order valence-electron chi connectivity index (χ1n) is 10.3. The van der Waals surface area contributed by atoms with Crippen LogP contribution in [0.2, 0.25) is 0 Å². The lowest BCUT2D eigenvalue weighted by molar-refractivity contribution is 0.0505. The molecule has 30 heavy (non-hydrogen) atoms. The summed E-state index contributed by atoms with van der Waals surface area (Å²) in [6, 6.07) is 13.3. The molecule has 1 aliphatic heterocycles. The fraction of sp³-hybridized carbons (Fsp3) is 0.455. The molecule has 0 bridgehead atoms. The highest BCUT2D eigenvalue weighted by Gasteiger charge is 2.22. The SMILES string of the molecule is COc1ccccc1OCC1CCN(CC(O)COc2cccc3[nH]nnc23)CC1. The number of aromatic nitrogens is 3. The molecule has 1 saturated heterocycles. The second-order valence-electron chi connectivity index (χ2n) is 7.63. The summed E-state index contributed by atoms with van der Waals surface area (Å²) >= 11 is 0. The fourth-order valence-electron chi connectivity index (χ4n) is 3.78. The molecule has 3 aromatic rings. The highest BCUT2D eigenvalue weighted by molar-refractivity contribution is 5.80. The van der Waals surface area contributed by atoms with Crippen LogP contribution in [0.5, 0.6) is 17.2 Å². The van der Waals surface area contributed by atoms with Gasteiger partial charge in [-0.1, -0.05) is 23.4 Å². The van der Waals surface area contributed by atoms with E-state index in [0.717, 1.165) is 42.9 Å². The van der Waals surface area contributed by atoms with Crippen molar-refractivity contribution in [3.05, 3.63) is 42.5 Å². The van der Waals surface area contributed by atoms with Crippen LogP contribution >= 0.6 is 0 Å². The van der Waals surface area contributed by atoms with Gasteiger partial charge in [0.1, 0.15) is 18.5 Å². The van der Waals surface area contributed by atoms with E-state index in [0.29, 0.717) is 30.3 Å². The molecule has 8 heteroatoms. The van der Waals surface area contributed by atoms with Crippen molar-refractivity contribution in [2.45, 2.75) is 18.9 Å². The molecule has 1 fully saturated rings. The largest absolute Gasteiger partial charge is 0.493 e. The van der Waals surface area contributed by atoms with Gasteiger partial charge in [-0.3, -0.25) is 5.10 Å². The molecule has 0 radical (unpaired) electrons. The van der Waals surface area contributed by atoms with Crippen molar-refractivity contribution in [2.75, 3.05) is 40.0 Å². The fourth-order valence-corrected chi connectivity index (χ4v) is 3.78. The van der Waals surface area contributed by atoms with Crippen LogP contribution in [-0.4, -0.2) is 71.5 Å². The predicted octanol–water partition coefficient (Wildman–Crippen LogP) is 2.50. The van der Waals surface area contributed by atoms with Gasteiger partial charge < -0.3 is 24.2 Å². The number of likely N-dealkylation sites (tertiary alicyclic amines) is 1. The van der Waals surface area contributed by atoms with Gasteiger partial charge in [0.15, 0.2) is 17.0 Å². The van der Waals surface area contributed by atoms with E-state index in [9.17, 15) is 5.11 Å². The molecule has 0 amide bonds. The molecule has 2 aromatic carbocycles. The predicted molar refractivity (Wildman–Crippen MR) is 113 cm³/mol. The molecule has 0 aliphatic carbocycles. The summed E-state index contributed by atoms with van der Waals surface area (Å²) in [6.45, 7) is 3.38. The van der Waals surface area contributed by atoms with E-state index in [1.807, 2.05) is 42.5 Å². The molecule has 0 saturated carbocycles. The highest BCUT2D eigenvalue weighted by atomic mass is 16.5. The number of nitrogens with zero attached hydrogens (tertiary/aromatic N) is 3. The third-order valence-corrected chi connectivity index (χ3v) is 5.47. The topological polar surface area (TPSA) is 92.7 Å². The van der Waals surface area contributed by atoms with Gasteiger partial charge in [0.05, 0.1) is 19.2 Å². The number of para-hydroxylation sites is 2. The monoisotopic (exact) mass is 412 g/mol. The molecular formula is C22H28N4O4. The van der Waals surface area contributed by atoms with Crippen LogP contribution in [0, 0.1) is 5.92 Å². The molecule has 2 heterocycles. The maximum Gasteiger partial charge on any atom is 0.161 e. The lowest BCUT2D eigenvalue weighted by atomic mass is 9.97. The van der Waals surface area contributed by atoms with Gasteiger partial charge >= 0.3 is 0 Å². The van der Waals surface area contributed by atoms with Crippen molar-refractivity contribution in [2.24, 2.45) is 5.92 Å². The summed E-state index contributed by atoms with van der Waals surface area (Å²) in [5, 5.41) is 21.0. The van der Waals surface area contributed by atoms with E-state index < -0.39 is 6.10 Å². The summed E-state index contributed by atoms with van der Waals surface area (Å²) in [4.78, 5) is 2.28. The molecule has 4 rings (SSSR count). The lowest BCUT2D eigenvalue weighted by Gasteiger charge is -2.33. The van der Waals surface area contributed by atoms with E-state index in [2.05, 4.69) is 20.3 Å². The maximum atomic E-state index is 10.4. The number of hydrogen-bond donors (Lipinski definition) is 2. The number of benzene rings is 2. The Kier molecular flexibility index (Phi) is 6.66. The summed E-state index contributed by atoms with van der Waals surface area (Å²) in [5.41, 5.74) is 1.50. The van der Waals surface area contributed by atoms with Crippen LogP contribution in [0.4, 0.5) is 0 Å². The van der Waals surface area contributed by atoms with Crippen molar-refractivity contribution in [1.29, 1.82) is 0 Å². The van der Waals surface area contributed by atoms with Gasteiger partial charge in [0.25, 0.3) is 0 Å². The quantitative estimate of drug-likeness (QED) is 0.558. The van der Waals surface area contributed by atoms with Crippen molar-refractivity contribution in [3.8, 4) is 17.2 Å². The Morgan fingerprint density at radius 3 is 2.63 bits per heavy atom. The molecule has 160 valence electrons. The normalized spacial score (nSPS) is 16.5. The van der Waals surface area contributed by atoms with Gasteiger partial charge in [-0.05, 0) is 56.1 Å². The molecule has 1 aromatic heterocycles. The zero-order chi connectivity index (χ0) is 20.8.